The zero-order chi connectivity index (χ0) is 22.4. The number of aromatic nitrogens is 1. The van der Waals surface area contributed by atoms with E-state index in [1.165, 1.54) is 22.2 Å². The van der Waals surface area contributed by atoms with E-state index in [2.05, 4.69) is 71.5 Å². The Balaban J connectivity index is 1.45. The minimum absolute atomic E-state index is 0.0676. The zero-order valence-corrected chi connectivity index (χ0v) is 19.7. The van der Waals surface area contributed by atoms with Crippen LogP contribution < -0.4 is 0 Å². The fourth-order valence-electron chi connectivity index (χ4n) is 7.77. The van der Waals surface area contributed by atoms with E-state index in [-0.39, 0.29) is 35.1 Å². The van der Waals surface area contributed by atoms with Crippen molar-refractivity contribution in [3.05, 3.63) is 35.5 Å². The molecule has 6 nitrogen and oxygen atoms in total. The summed E-state index contributed by atoms with van der Waals surface area (Å²) in [6.45, 7) is 7.70. The van der Waals surface area contributed by atoms with Crippen LogP contribution in [0.15, 0.2) is 24.3 Å². The second-order valence-corrected chi connectivity index (χ2v) is 10.8. The van der Waals surface area contributed by atoms with E-state index in [9.17, 15) is 9.59 Å². The van der Waals surface area contributed by atoms with Gasteiger partial charge in [0.2, 0.25) is 11.8 Å². The van der Waals surface area contributed by atoms with Gasteiger partial charge in [0.1, 0.15) is 0 Å². The monoisotopic (exact) mass is 434 g/mol. The highest BCUT2D eigenvalue weighted by Crippen LogP contribution is 2.61. The van der Waals surface area contributed by atoms with Crippen LogP contribution >= 0.6 is 0 Å². The summed E-state index contributed by atoms with van der Waals surface area (Å²) < 4.78 is 2.46. The lowest BCUT2D eigenvalue weighted by Gasteiger charge is -2.44. The third-order valence-corrected chi connectivity index (χ3v) is 9.14. The molecule has 4 heterocycles. The summed E-state index contributed by atoms with van der Waals surface area (Å²) in [5.74, 6) is 0.782. The van der Waals surface area contributed by atoms with Crippen LogP contribution in [0.3, 0.4) is 0 Å². The molecule has 2 amide bonds. The van der Waals surface area contributed by atoms with Crippen LogP contribution in [0.1, 0.15) is 37.4 Å². The van der Waals surface area contributed by atoms with Gasteiger partial charge >= 0.3 is 0 Å². The van der Waals surface area contributed by atoms with Gasteiger partial charge < -0.3 is 19.3 Å². The Bertz CT molecular complexity index is 1120. The molecule has 1 aliphatic carbocycles. The molecule has 1 saturated carbocycles. The van der Waals surface area contributed by atoms with E-state index >= 15 is 0 Å². The van der Waals surface area contributed by atoms with E-state index < -0.39 is 0 Å². The summed E-state index contributed by atoms with van der Waals surface area (Å²) in [7, 11) is 4.20. The van der Waals surface area contributed by atoms with Gasteiger partial charge in [-0.25, -0.2) is 0 Å². The summed E-state index contributed by atoms with van der Waals surface area (Å²) in [6, 6.07) is 9.05. The first-order valence-corrected chi connectivity index (χ1v) is 12.2. The van der Waals surface area contributed by atoms with Crippen LogP contribution in [0.2, 0.25) is 0 Å². The van der Waals surface area contributed by atoms with Gasteiger partial charge in [0.05, 0.1) is 5.54 Å². The number of rotatable bonds is 2. The van der Waals surface area contributed by atoms with Gasteiger partial charge in [-0.2, -0.15) is 0 Å². The topological polar surface area (TPSA) is 48.8 Å². The molecule has 2 unspecified atom stereocenters. The Morgan fingerprint density at radius 3 is 2.69 bits per heavy atom. The quantitative estimate of drug-likeness (QED) is 0.730. The molecule has 3 aliphatic heterocycles. The van der Waals surface area contributed by atoms with Crippen molar-refractivity contribution in [3.63, 3.8) is 0 Å². The van der Waals surface area contributed by atoms with Gasteiger partial charge in [0.25, 0.3) is 0 Å². The number of fused-ring (bicyclic) bond motifs is 3. The highest BCUT2D eigenvalue weighted by atomic mass is 16.2. The Labute approximate surface area is 190 Å². The van der Waals surface area contributed by atoms with Crippen molar-refractivity contribution in [2.45, 2.75) is 51.2 Å². The van der Waals surface area contributed by atoms with Gasteiger partial charge in [-0.15, -0.1) is 0 Å². The van der Waals surface area contributed by atoms with Crippen molar-refractivity contribution in [1.29, 1.82) is 0 Å². The van der Waals surface area contributed by atoms with Crippen LogP contribution in [0.25, 0.3) is 10.9 Å². The molecule has 1 aromatic heterocycles. The molecule has 1 aromatic carbocycles. The first kappa shape index (κ1) is 20.3. The van der Waals surface area contributed by atoms with Crippen LogP contribution in [0, 0.1) is 24.7 Å². The van der Waals surface area contributed by atoms with Crippen LogP contribution in [0.5, 0.6) is 0 Å². The number of benzene rings is 1. The maximum Gasteiger partial charge on any atom is 0.226 e. The average molecular weight is 435 g/mol. The molecule has 6 rings (SSSR count). The molecule has 1 spiro atoms. The largest absolute Gasteiger partial charge is 0.341 e. The Kier molecular flexibility index (Phi) is 4.33. The minimum Gasteiger partial charge on any atom is -0.341 e. The normalized spacial score (nSPS) is 33.8. The third-order valence-electron chi connectivity index (χ3n) is 9.14. The first-order chi connectivity index (χ1) is 15.3. The van der Waals surface area contributed by atoms with Gasteiger partial charge in [0.15, 0.2) is 0 Å². The van der Waals surface area contributed by atoms with Crippen molar-refractivity contribution in [2.24, 2.45) is 17.8 Å². The lowest BCUT2D eigenvalue weighted by atomic mass is 9.78. The van der Waals surface area contributed by atoms with Crippen molar-refractivity contribution < 1.29 is 9.59 Å². The summed E-state index contributed by atoms with van der Waals surface area (Å²) in [5.41, 5.74) is 3.52. The van der Waals surface area contributed by atoms with Gasteiger partial charge in [-0.05, 0) is 51.4 Å². The van der Waals surface area contributed by atoms with Gasteiger partial charge in [-0.1, -0.05) is 25.1 Å². The fraction of sp³-hybridized carbons (Fsp3) is 0.615. The molecule has 2 saturated heterocycles. The van der Waals surface area contributed by atoms with Crippen molar-refractivity contribution in [2.75, 3.05) is 33.7 Å². The molecule has 2 aromatic rings. The Morgan fingerprint density at radius 2 is 1.94 bits per heavy atom. The second kappa shape index (κ2) is 6.83. The smallest absolute Gasteiger partial charge is 0.226 e. The maximum atomic E-state index is 13.9. The number of amides is 2. The molecule has 0 N–H and O–H groups in total. The second-order valence-electron chi connectivity index (χ2n) is 10.8. The Hall–Kier alpha value is -2.34. The molecule has 3 fully saturated rings. The number of para-hydroxylation sites is 1. The average Bonchev–Trinajstić information content (AvgIpc) is 3.49. The van der Waals surface area contributed by atoms with E-state index in [1.54, 1.807) is 0 Å². The molecule has 0 bridgehead atoms. The Morgan fingerprint density at radius 1 is 1.16 bits per heavy atom. The number of nitrogens with zero attached hydrogens (tertiary/aromatic N) is 4. The predicted octanol–water partition coefficient (Wildman–Crippen LogP) is 2.83. The summed E-state index contributed by atoms with van der Waals surface area (Å²) >= 11 is 0. The lowest BCUT2D eigenvalue weighted by molar-refractivity contribution is -0.137. The van der Waals surface area contributed by atoms with E-state index in [1.807, 2.05) is 0 Å². The molecular weight excluding hydrogens is 400 g/mol. The highest BCUT2D eigenvalue weighted by Gasteiger charge is 2.66. The maximum absolute atomic E-state index is 13.9. The van der Waals surface area contributed by atoms with Crippen molar-refractivity contribution in [3.8, 4) is 0 Å². The predicted molar refractivity (Wildman–Crippen MR) is 124 cm³/mol. The van der Waals surface area contributed by atoms with Crippen LogP contribution in [-0.2, 0) is 21.7 Å². The molecule has 6 heteroatoms. The highest BCUT2D eigenvalue weighted by molar-refractivity contribution is 5.90. The molecular formula is C26H34N4O2. The standard InChI is InChI=1S/C26H34N4O2/c1-16-14-26-20(23(16)25(32)28-10-9-18(15-28)27(3)4)13-22(31)30(26)12-11-29-21-8-6-5-7-19(21)17(2)24(26)29/h5-8,16,18,20,23H,9-15H2,1-4H3/t16-,18?,20?,23+,26+/m0/s1. The third kappa shape index (κ3) is 2.45. The van der Waals surface area contributed by atoms with E-state index in [0.29, 0.717) is 12.5 Å². The number of carbonyl (C=O) groups is 2. The lowest BCUT2D eigenvalue weighted by Crippen LogP contribution is -2.52. The number of carbonyl (C=O) groups excluding carboxylic acids is 2. The van der Waals surface area contributed by atoms with Crippen molar-refractivity contribution in [1.82, 2.24) is 19.3 Å². The number of hydrogen-bond acceptors (Lipinski definition) is 3. The molecule has 5 atom stereocenters. The SMILES string of the molecule is Cc1c2n(c3ccccc13)CCN1C(=O)CC3[C@H](C(=O)N4CCC(N(C)C)C4)[C@@H](C)C[C@]231. The summed E-state index contributed by atoms with van der Waals surface area (Å²) in [5, 5.41) is 1.28. The molecule has 32 heavy (non-hydrogen) atoms. The fourth-order valence-corrected chi connectivity index (χ4v) is 7.77. The molecule has 4 aliphatic rings. The number of aryl methyl sites for hydroxylation is 1. The molecule has 0 radical (unpaired) electrons. The molecule has 170 valence electrons. The van der Waals surface area contributed by atoms with E-state index in [4.69, 9.17) is 0 Å². The van der Waals surface area contributed by atoms with Crippen molar-refractivity contribution >= 4 is 22.7 Å². The van der Waals surface area contributed by atoms with Gasteiger partial charge in [0, 0.05) is 67.1 Å². The number of hydrogen-bond donors (Lipinski definition) is 0. The zero-order valence-electron chi connectivity index (χ0n) is 19.7. The summed E-state index contributed by atoms with van der Waals surface area (Å²) in [6.07, 6.45) is 2.43. The minimum atomic E-state index is -0.334. The van der Waals surface area contributed by atoms with Crippen LogP contribution in [0.4, 0.5) is 0 Å². The number of likely N-dealkylation sites (tertiary alicyclic amines) is 1. The van der Waals surface area contributed by atoms with Crippen LogP contribution in [-0.4, -0.2) is 70.9 Å². The first-order valence-electron chi connectivity index (χ1n) is 12.2. The summed E-state index contributed by atoms with van der Waals surface area (Å²) in [4.78, 5) is 33.6. The van der Waals surface area contributed by atoms with E-state index in [0.717, 1.165) is 39.0 Å². The number of likely N-dealkylation sites (N-methyl/N-ethyl adjacent to an activating group) is 1. The van der Waals surface area contributed by atoms with Gasteiger partial charge in [-0.3, -0.25) is 9.59 Å².